The minimum Gasteiger partial charge on any atom is -0.496 e. The lowest BCUT2D eigenvalue weighted by molar-refractivity contribution is -0.386. The molecular weight excluding hydrogens is 264 g/mol. The van der Waals surface area contributed by atoms with Crippen molar-refractivity contribution < 1.29 is 19.1 Å². The summed E-state index contributed by atoms with van der Waals surface area (Å²) in [7, 11) is 1.46. The minimum atomic E-state index is -0.486. The predicted octanol–water partition coefficient (Wildman–Crippen LogP) is 1.36. The molecule has 0 spiro atoms. The first kappa shape index (κ1) is 14.5. The van der Waals surface area contributed by atoms with Crippen molar-refractivity contribution in [3.8, 4) is 11.5 Å². The van der Waals surface area contributed by atoms with Crippen molar-refractivity contribution in [3.05, 3.63) is 28.3 Å². The number of nitro groups is 1. The van der Waals surface area contributed by atoms with Gasteiger partial charge in [0.1, 0.15) is 18.5 Å². The van der Waals surface area contributed by atoms with Gasteiger partial charge in [-0.25, -0.2) is 0 Å². The molecule has 2 unspecified atom stereocenters. The van der Waals surface area contributed by atoms with Crippen LogP contribution in [0.15, 0.2) is 18.2 Å². The molecule has 7 heteroatoms. The number of nitrogens with one attached hydrogen (secondary N) is 1. The zero-order valence-electron chi connectivity index (χ0n) is 11.5. The van der Waals surface area contributed by atoms with Gasteiger partial charge in [0.15, 0.2) is 5.75 Å². The molecular formula is C13H18N2O5. The number of rotatable bonds is 5. The van der Waals surface area contributed by atoms with Gasteiger partial charge in [-0.2, -0.15) is 0 Å². The number of hydrogen-bond acceptors (Lipinski definition) is 6. The summed E-state index contributed by atoms with van der Waals surface area (Å²) in [4.78, 5) is 10.5. The van der Waals surface area contributed by atoms with Crippen LogP contribution in [0.25, 0.3) is 0 Å². The van der Waals surface area contributed by atoms with Crippen molar-refractivity contribution in [1.82, 2.24) is 5.32 Å². The molecule has 0 amide bonds. The molecule has 1 saturated heterocycles. The lowest BCUT2D eigenvalue weighted by atomic mass is 10.2. The summed E-state index contributed by atoms with van der Waals surface area (Å²) >= 11 is 0. The summed E-state index contributed by atoms with van der Waals surface area (Å²) in [5, 5.41) is 14.2. The number of benzene rings is 1. The number of hydrogen-bond donors (Lipinski definition) is 1. The number of nitro benzene ring substituents is 1. The van der Waals surface area contributed by atoms with E-state index >= 15 is 0 Å². The second-order valence-corrected chi connectivity index (χ2v) is 4.63. The van der Waals surface area contributed by atoms with Crippen LogP contribution in [-0.2, 0) is 4.74 Å². The van der Waals surface area contributed by atoms with E-state index in [4.69, 9.17) is 14.2 Å². The van der Waals surface area contributed by atoms with Gasteiger partial charge in [0.2, 0.25) is 0 Å². The Labute approximate surface area is 117 Å². The Kier molecular flexibility index (Phi) is 4.75. The van der Waals surface area contributed by atoms with Gasteiger partial charge in [0.25, 0.3) is 0 Å². The highest BCUT2D eigenvalue weighted by molar-refractivity contribution is 5.50. The van der Waals surface area contributed by atoms with Crippen LogP contribution < -0.4 is 14.8 Å². The first-order chi connectivity index (χ1) is 9.60. The monoisotopic (exact) mass is 282 g/mol. The fourth-order valence-electron chi connectivity index (χ4n) is 2.04. The molecule has 0 saturated carbocycles. The molecule has 0 aliphatic carbocycles. The van der Waals surface area contributed by atoms with E-state index in [2.05, 4.69) is 5.32 Å². The number of methoxy groups -OCH3 is 1. The smallest absolute Gasteiger partial charge is 0.314 e. The lowest BCUT2D eigenvalue weighted by Crippen LogP contribution is -2.45. The second-order valence-electron chi connectivity index (χ2n) is 4.63. The minimum absolute atomic E-state index is 0.110. The molecule has 1 aromatic rings. The standard InChI is InChI=1S/C13H18N2O5/c1-9-6-14-7-11(20-9)8-19-13-4-3-10(18-2)5-12(13)15(16)17/h3-5,9,11,14H,6-8H2,1-2H3. The number of ether oxygens (including phenoxy) is 3. The van der Waals surface area contributed by atoms with Crippen LogP contribution >= 0.6 is 0 Å². The highest BCUT2D eigenvalue weighted by atomic mass is 16.6. The summed E-state index contributed by atoms with van der Waals surface area (Å²) in [6.07, 6.45) is 0.00339. The van der Waals surface area contributed by atoms with Crippen LogP contribution in [0.1, 0.15) is 6.92 Å². The molecule has 1 aromatic carbocycles. The van der Waals surface area contributed by atoms with E-state index < -0.39 is 4.92 Å². The van der Waals surface area contributed by atoms with E-state index in [1.807, 2.05) is 6.92 Å². The molecule has 1 aliphatic heterocycles. The maximum atomic E-state index is 11.0. The van der Waals surface area contributed by atoms with E-state index in [1.165, 1.54) is 19.2 Å². The normalized spacial score (nSPS) is 22.3. The highest BCUT2D eigenvalue weighted by Crippen LogP contribution is 2.31. The maximum Gasteiger partial charge on any atom is 0.314 e. The average Bonchev–Trinajstić information content (AvgIpc) is 2.45. The van der Waals surface area contributed by atoms with Crippen molar-refractivity contribution in [2.24, 2.45) is 0 Å². The predicted molar refractivity (Wildman–Crippen MR) is 72.3 cm³/mol. The van der Waals surface area contributed by atoms with Crippen molar-refractivity contribution in [1.29, 1.82) is 0 Å². The van der Waals surface area contributed by atoms with Crippen molar-refractivity contribution in [3.63, 3.8) is 0 Å². The van der Waals surface area contributed by atoms with Crippen LogP contribution in [0.4, 0.5) is 5.69 Å². The van der Waals surface area contributed by atoms with Crippen LogP contribution in [0.2, 0.25) is 0 Å². The molecule has 1 aliphatic rings. The number of nitrogens with zero attached hydrogens (tertiary/aromatic N) is 1. The van der Waals surface area contributed by atoms with Crippen LogP contribution in [0.3, 0.4) is 0 Å². The molecule has 20 heavy (non-hydrogen) atoms. The molecule has 1 fully saturated rings. The quantitative estimate of drug-likeness (QED) is 0.648. The maximum absolute atomic E-state index is 11.0. The summed E-state index contributed by atoms with van der Waals surface area (Å²) < 4.78 is 16.2. The average molecular weight is 282 g/mol. The molecule has 0 aromatic heterocycles. The Morgan fingerprint density at radius 2 is 2.30 bits per heavy atom. The molecule has 0 bridgehead atoms. The fourth-order valence-corrected chi connectivity index (χ4v) is 2.04. The van der Waals surface area contributed by atoms with E-state index in [0.29, 0.717) is 12.3 Å². The Balaban J connectivity index is 2.03. The third-order valence-corrected chi connectivity index (χ3v) is 3.02. The highest BCUT2D eigenvalue weighted by Gasteiger charge is 2.22. The van der Waals surface area contributed by atoms with Crippen molar-refractivity contribution in [2.75, 3.05) is 26.8 Å². The Hall–Kier alpha value is -1.86. The largest absolute Gasteiger partial charge is 0.496 e. The van der Waals surface area contributed by atoms with Gasteiger partial charge in [0.05, 0.1) is 24.2 Å². The lowest BCUT2D eigenvalue weighted by Gasteiger charge is -2.28. The van der Waals surface area contributed by atoms with Gasteiger partial charge in [-0.3, -0.25) is 10.1 Å². The zero-order valence-corrected chi connectivity index (χ0v) is 11.5. The van der Waals surface area contributed by atoms with E-state index in [-0.39, 0.29) is 30.3 Å². The van der Waals surface area contributed by atoms with Gasteiger partial charge in [-0.15, -0.1) is 0 Å². The SMILES string of the molecule is COc1ccc(OCC2CNCC(C)O2)c([N+](=O)[O-])c1. The molecule has 0 radical (unpaired) electrons. The first-order valence-electron chi connectivity index (χ1n) is 6.41. The van der Waals surface area contributed by atoms with E-state index in [1.54, 1.807) is 6.07 Å². The molecule has 2 rings (SSSR count). The zero-order chi connectivity index (χ0) is 14.5. The second kappa shape index (κ2) is 6.53. The summed E-state index contributed by atoms with van der Waals surface area (Å²) in [6, 6.07) is 4.51. The van der Waals surface area contributed by atoms with Gasteiger partial charge < -0.3 is 19.5 Å². The van der Waals surface area contributed by atoms with Crippen molar-refractivity contribution in [2.45, 2.75) is 19.1 Å². The third-order valence-electron chi connectivity index (χ3n) is 3.02. The fraction of sp³-hybridized carbons (Fsp3) is 0.538. The molecule has 7 nitrogen and oxygen atoms in total. The number of morpholine rings is 1. The summed E-state index contributed by atoms with van der Waals surface area (Å²) in [5.74, 6) is 0.644. The van der Waals surface area contributed by atoms with Gasteiger partial charge in [-0.1, -0.05) is 0 Å². The van der Waals surface area contributed by atoms with Crippen LogP contribution in [0, 0.1) is 10.1 Å². The van der Waals surface area contributed by atoms with Crippen LogP contribution in [-0.4, -0.2) is 43.9 Å². The van der Waals surface area contributed by atoms with Crippen molar-refractivity contribution >= 4 is 5.69 Å². The molecule has 1 N–H and O–H groups in total. The van der Waals surface area contributed by atoms with Gasteiger partial charge >= 0.3 is 5.69 Å². The Bertz CT molecular complexity index is 480. The Morgan fingerprint density at radius 1 is 1.50 bits per heavy atom. The van der Waals surface area contributed by atoms with Gasteiger partial charge in [0, 0.05) is 13.1 Å². The summed E-state index contributed by atoms with van der Waals surface area (Å²) in [5.41, 5.74) is -0.110. The Morgan fingerprint density at radius 3 is 2.95 bits per heavy atom. The topological polar surface area (TPSA) is 82.9 Å². The molecule has 2 atom stereocenters. The molecule has 110 valence electrons. The van der Waals surface area contributed by atoms with E-state index in [9.17, 15) is 10.1 Å². The molecule has 1 heterocycles. The third kappa shape index (κ3) is 3.58. The van der Waals surface area contributed by atoms with E-state index in [0.717, 1.165) is 6.54 Å². The summed E-state index contributed by atoms with van der Waals surface area (Å²) in [6.45, 7) is 3.72. The first-order valence-corrected chi connectivity index (χ1v) is 6.41. The van der Waals surface area contributed by atoms with Crippen LogP contribution in [0.5, 0.6) is 11.5 Å². The van der Waals surface area contributed by atoms with Gasteiger partial charge in [-0.05, 0) is 19.1 Å².